The van der Waals surface area contributed by atoms with Gasteiger partial charge in [-0.05, 0) is 66.7 Å². The Bertz CT molecular complexity index is 1300. The largest absolute Gasteiger partial charge is 0.457 e. The van der Waals surface area contributed by atoms with Crippen molar-refractivity contribution in [3.8, 4) is 22.6 Å². The maximum atomic E-state index is 12.4. The van der Waals surface area contributed by atoms with Crippen LogP contribution in [0.1, 0.15) is 16.3 Å². The molecule has 0 fully saturated rings. The van der Waals surface area contributed by atoms with Crippen LogP contribution in [0, 0.1) is 10.1 Å². The van der Waals surface area contributed by atoms with Gasteiger partial charge in [-0.15, -0.1) is 0 Å². The smallest absolute Gasteiger partial charge is 0.269 e. The first-order chi connectivity index (χ1) is 14.9. The van der Waals surface area contributed by atoms with E-state index in [0.29, 0.717) is 38.5 Å². The monoisotopic (exact) mass is 453 g/mol. The van der Waals surface area contributed by atoms with Gasteiger partial charge >= 0.3 is 0 Å². The SMILES string of the molecule is O=C(C=Cc1ccc(-c2ccc([N+](=O)[O-])cc2)o1)c1ccc(-c2cc(Cl)ccc2Cl)o1. The number of ketones is 1. The zero-order chi connectivity index (χ0) is 22.0. The summed E-state index contributed by atoms with van der Waals surface area (Å²) in [6, 6.07) is 17.6. The Morgan fingerprint density at radius 1 is 0.903 bits per heavy atom. The van der Waals surface area contributed by atoms with Crippen molar-refractivity contribution in [1.82, 2.24) is 0 Å². The number of nitro benzene ring substituents is 1. The number of nitrogens with zero attached hydrogens (tertiary/aromatic N) is 1. The van der Waals surface area contributed by atoms with Crippen LogP contribution in [0.15, 0.2) is 81.6 Å². The maximum absolute atomic E-state index is 12.4. The molecule has 0 saturated carbocycles. The van der Waals surface area contributed by atoms with Gasteiger partial charge in [-0.1, -0.05) is 23.2 Å². The van der Waals surface area contributed by atoms with E-state index in [1.165, 1.54) is 24.3 Å². The Morgan fingerprint density at radius 3 is 2.39 bits per heavy atom. The van der Waals surface area contributed by atoms with E-state index in [1.54, 1.807) is 54.6 Å². The molecule has 0 saturated heterocycles. The topological polar surface area (TPSA) is 86.5 Å². The fraction of sp³-hybridized carbons (Fsp3) is 0. The number of non-ortho nitro benzene ring substituents is 1. The molecular formula is C23H13Cl2NO5. The lowest BCUT2D eigenvalue weighted by Gasteiger charge is -2.01. The van der Waals surface area contributed by atoms with Gasteiger partial charge in [0.2, 0.25) is 5.78 Å². The molecule has 0 atom stereocenters. The zero-order valence-electron chi connectivity index (χ0n) is 15.7. The molecule has 0 aliphatic heterocycles. The molecule has 0 radical (unpaired) electrons. The van der Waals surface area contributed by atoms with E-state index in [-0.39, 0.29) is 17.2 Å². The van der Waals surface area contributed by atoms with Gasteiger partial charge in [-0.25, -0.2) is 0 Å². The summed E-state index contributed by atoms with van der Waals surface area (Å²) in [5.41, 5.74) is 1.28. The standard InChI is InChI=1S/C23H13Cl2NO5/c24-15-3-8-19(25)18(13-15)22-11-12-23(31-22)20(27)9-6-17-7-10-21(30-17)14-1-4-16(5-2-14)26(28)29/h1-13H. The van der Waals surface area contributed by atoms with Gasteiger partial charge in [0, 0.05) is 28.3 Å². The third kappa shape index (κ3) is 4.60. The molecule has 0 spiro atoms. The first-order valence-corrected chi connectivity index (χ1v) is 9.78. The second-order valence-electron chi connectivity index (χ2n) is 6.49. The normalized spacial score (nSPS) is 11.2. The van der Waals surface area contributed by atoms with Crippen molar-refractivity contribution in [2.75, 3.05) is 0 Å². The molecule has 6 nitrogen and oxygen atoms in total. The van der Waals surface area contributed by atoms with E-state index in [9.17, 15) is 14.9 Å². The second-order valence-corrected chi connectivity index (χ2v) is 7.34. The summed E-state index contributed by atoms with van der Waals surface area (Å²) in [5, 5.41) is 11.7. The molecule has 0 unspecified atom stereocenters. The summed E-state index contributed by atoms with van der Waals surface area (Å²) in [5.74, 6) is 1.20. The number of benzene rings is 2. The average molecular weight is 454 g/mol. The molecule has 0 amide bonds. The zero-order valence-corrected chi connectivity index (χ0v) is 17.3. The molecule has 154 valence electrons. The lowest BCUT2D eigenvalue weighted by Crippen LogP contribution is -1.90. The van der Waals surface area contributed by atoms with E-state index in [1.807, 2.05) is 0 Å². The lowest BCUT2D eigenvalue weighted by atomic mass is 10.1. The van der Waals surface area contributed by atoms with Gasteiger partial charge in [0.25, 0.3) is 5.69 Å². The van der Waals surface area contributed by atoms with Crippen LogP contribution in [-0.2, 0) is 0 Å². The minimum absolute atomic E-state index is 0.00194. The lowest BCUT2D eigenvalue weighted by molar-refractivity contribution is -0.384. The summed E-state index contributed by atoms with van der Waals surface area (Å²) in [4.78, 5) is 22.7. The molecule has 2 aromatic heterocycles. The number of halogens is 2. The Labute approximate surface area is 186 Å². The van der Waals surface area contributed by atoms with E-state index in [2.05, 4.69) is 0 Å². The fourth-order valence-electron chi connectivity index (χ4n) is 2.89. The number of allylic oxidation sites excluding steroid dienone is 1. The van der Waals surface area contributed by atoms with Gasteiger partial charge in [-0.2, -0.15) is 0 Å². The van der Waals surface area contributed by atoms with Crippen molar-refractivity contribution in [1.29, 1.82) is 0 Å². The Balaban J connectivity index is 1.48. The molecule has 0 N–H and O–H groups in total. The van der Waals surface area contributed by atoms with Crippen molar-refractivity contribution in [3.63, 3.8) is 0 Å². The van der Waals surface area contributed by atoms with Crippen molar-refractivity contribution >= 4 is 40.7 Å². The highest BCUT2D eigenvalue weighted by molar-refractivity contribution is 6.35. The van der Waals surface area contributed by atoms with Gasteiger partial charge in [0.1, 0.15) is 17.3 Å². The van der Waals surface area contributed by atoms with E-state index >= 15 is 0 Å². The number of rotatable bonds is 6. The Morgan fingerprint density at radius 2 is 1.65 bits per heavy atom. The summed E-state index contributed by atoms with van der Waals surface area (Å²) < 4.78 is 11.3. The second kappa shape index (κ2) is 8.63. The Kier molecular flexibility index (Phi) is 5.75. The third-order valence-electron chi connectivity index (χ3n) is 4.43. The number of furan rings is 2. The minimum atomic E-state index is -0.466. The maximum Gasteiger partial charge on any atom is 0.269 e. The van der Waals surface area contributed by atoms with E-state index < -0.39 is 4.92 Å². The highest BCUT2D eigenvalue weighted by Crippen LogP contribution is 2.32. The molecule has 8 heteroatoms. The fourth-order valence-corrected chi connectivity index (χ4v) is 3.27. The highest BCUT2D eigenvalue weighted by Gasteiger charge is 2.13. The molecule has 4 aromatic rings. The van der Waals surface area contributed by atoms with Gasteiger partial charge < -0.3 is 8.83 Å². The quantitative estimate of drug-likeness (QED) is 0.132. The van der Waals surface area contributed by atoms with Crippen molar-refractivity contribution < 1.29 is 18.6 Å². The molecular weight excluding hydrogens is 441 g/mol. The van der Waals surface area contributed by atoms with Crippen LogP contribution in [0.5, 0.6) is 0 Å². The minimum Gasteiger partial charge on any atom is -0.457 e. The molecule has 0 aliphatic rings. The molecule has 2 aromatic carbocycles. The number of carbonyl (C=O) groups excluding carboxylic acids is 1. The molecule has 4 rings (SSSR count). The van der Waals surface area contributed by atoms with Crippen LogP contribution in [0.4, 0.5) is 5.69 Å². The van der Waals surface area contributed by atoms with Crippen LogP contribution in [0.2, 0.25) is 10.0 Å². The van der Waals surface area contributed by atoms with Gasteiger partial charge in [0.15, 0.2) is 5.76 Å². The highest BCUT2D eigenvalue weighted by atomic mass is 35.5. The first-order valence-electron chi connectivity index (χ1n) is 9.03. The average Bonchev–Trinajstić information content (AvgIpc) is 3.44. The number of hydrogen-bond donors (Lipinski definition) is 0. The van der Waals surface area contributed by atoms with Crippen LogP contribution in [-0.4, -0.2) is 10.7 Å². The number of hydrogen-bond acceptors (Lipinski definition) is 5. The van der Waals surface area contributed by atoms with Crippen molar-refractivity contribution in [2.24, 2.45) is 0 Å². The first kappa shape index (κ1) is 20.7. The predicted octanol–water partition coefficient (Wildman–Crippen LogP) is 7.32. The molecule has 2 heterocycles. The molecule has 0 aliphatic carbocycles. The summed E-state index contributed by atoms with van der Waals surface area (Å²) >= 11 is 12.2. The number of carbonyl (C=O) groups is 1. The molecule has 31 heavy (non-hydrogen) atoms. The van der Waals surface area contributed by atoms with Crippen molar-refractivity contribution in [2.45, 2.75) is 0 Å². The summed E-state index contributed by atoms with van der Waals surface area (Å²) in [7, 11) is 0. The Hall–Kier alpha value is -3.61. The number of nitro groups is 1. The molecule has 0 bridgehead atoms. The van der Waals surface area contributed by atoms with Gasteiger partial charge in [-0.3, -0.25) is 14.9 Å². The summed E-state index contributed by atoms with van der Waals surface area (Å²) in [6.45, 7) is 0. The predicted molar refractivity (Wildman–Crippen MR) is 118 cm³/mol. The third-order valence-corrected chi connectivity index (χ3v) is 5.00. The van der Waals surface area contributed by atoms with E-state index in [0.717, 1.165) is 0 Å². The van der Waals surface area contributed by atoms with Crippen LogP contribution in [0.3, 0.4) is 0 Å². The van der Waals surface area contributed by atoms with Crippen molar-refractivity contribution in [3.05, 3.63) is 104 Å². The summed E-state index contributed by atoms with van der Waals surface area (Å²) in [6.07, 6.45) is 2.85. The van der Waals surface area contributed by atoms with Gasteiger partial charge in [0.05, 0.1) is 9.95 Å². The van der Waals surface area contributed by atoms with E-state index in [4.69, 9.17) is 32.0 Å². The van der Waals surface area contributed by atoms with Crippen LogP contribution in [0.25, 0.3) is 28.7 Å². The van der Waals surface area contributed by atoms with Crippen LogP contribution >= 0.6 is 23.2 Å². The van der Waals surface area contributed by atoms with Crippen LogP contribution < -0.4 is 0 Å².